The van der Waals surface area contributed by atoms with Crippen molar-refractivity contribution < 1.29 is 14.3 Å². The summed E-state index contributed by atoms with van der Waals surface area (Å²) in [5.41, 5.74) is 0.790. The molecule has 7 heteroatoms. The highest BCUT2D eigenvalue weighted by atomic mass is 32.1. The van der Waals surface area contributed by atoms with Gasteiger partial charge in [-0.05, 0) is 62.3 Å². The molecule has 3 amide bonds. The van der Waals surface area contributed by atoms with Crippen LogP contribution >= 0.6 is 11.3 Å². The number of amides is 3. The van der Waals surface area contributed by atoms with Crippen LogP contribution in [0.4, 0.5) is 4.79 Å². The minimum absolute atomic E-state index is 0.0479. The number of nitrogens with one attached hydrogen (secondary N) is 1. The van der Waals surface area contributed by atoms with Crippen molar-refractivity contribution in [2.75, 3.05) is 26.2 Å². The van der Waals surface area contributed by atoms with Gasteiger partial charge in [-0.3, -0.25) is 4.79 Å². The number of nitrogens with zero attached hydrogens (tertiary/aromatic N) is 2. The van der Waals surface area contributed by atoms with Crippen molar-refractivity contribution in [1.29, 1.82) is 0 Å². The minimum atomic E-state index is -0.363. The van der Waals surface area contributed by atoms with Gasteiger partial charge in [-0.25, -0.2) is 4.79 Å². The number of benzene rings is 1. The fourth-order valence-electron chi connectivity index (χ4n) is 3.88. The Balaban J connectivity index is 1.76. The Labute approximate surface area is 195 Å². The molecular weight excluding hydrogens is 422 g/mol. The summed E-state index contributed by atoms with van der Waals surface area (Å²) in [4.78, 5) is 31.2. The number of para-hydroxylation sites is 1. The number of hydrogen-bond donors (Lipinski definition) is 1. The molecule has 6 nitrogen and oxygen atoms in total. The molecule has 174 valence electrons. The fraction of sp³-hybridized carbons (Fsp3) is 0.520. The molecule has 0 bridgehead atoms. The second-order valence-corrected chi connectivity index (χ2v) is 10.7. The van der Waals surface area contributed by atoms with E-state index >= 15 is 0 Å². The largest absolute Gasteiger partial charge is 0.491 e. The van der Waals surface area contributed by atoms with Crippen LogP contribution in [0.5, 0.6) is 5.75 Å². The Morgan fingerprint density at radius 3 is 2.59 bits per heavy atom. The van der Waals surface area contributed by atoms with Crippen LogP contribution in [0, 0.1) is 5.92 Å². The summed E-state index contributed by atoms with van der Waals surface area (Å²) < 4.78 is 6.05. The average molecular weight is 458 g/mol. The molecule has 1 N–H and O–H groups in total. The van der Waals surface area contributed by atoms with E-state index in [1.807, 2.05) is 56.0 Å². The molecule has 0 radical (unpaired) electrons. The maximum absolute atomic E-state index is 13.5. The third-order valence-electron chi connectivity index (χ3n) is 5.25. The summed E-state index contributed by atoms with van der Waals surface area (Å²) in [6, 6.07) is 11.4. The molecule has 1 aliphatic heterocycles. The van der Waals surface area contributed by atoms with Crippen molar-refractivity contribution in [1.82, 2.24) is 15.1 Å². The predicted molar refractivity (Wildman–Crippen MR) is 129 cm³/mol. The quantitative estimate of drug-likeness (QED) is 0.654. The van der Waals surface area contributed by atoms with Gasteiger partial charge in [-0.1, -0.05) is 32.0 Å². The van der Waals surface area contributed by atoms with Gasteiger partial charge in [-0.15, -0.1) is 11.3 Å². The monoisotopic (exact) mass is 457 g/mol. The molecule has 1 aromatic carbocycles. The smallest absolute Gasteiger partial charge is 0.318 e. The number of carbonyl (C=O) groups is 2. The van der Waals surface area contributed by atoms with Gasteiger partial charge >= 0.3 is 6.03 Å². The van der Waals surface area contributed by atoms with E-state index in [1.165, 1.54) is 4.88 Å². The first kappa shape index (κ1) is 24.1. The highest BCUT2D eigenvalue weighted by molar-refractivity contribution is 7.10. The van der Waals surface area contributed by atoms with Crippen LogP contribution in [0.25, 0.3) is 0 Å². The summed E-state index contributed by atoms with van der Waals surface area (Å²) in [5, 5.41) is 5.07. The summed E-state index contributed by atoms with van der Waals surface area (Å²) in [5.74, 6) is 0.997. The Hall–Kier alpha value is -2.54. The highest BCUT2D eigenvalue weighted by Gasteiger charge is 2.34. The van der Waals surface area contributed by atoms with Gasteiger partial charge in [0.1, 0.15) is 18.9 Å². The molecule has 1 aromatic heterocycles. The number of fused-ring (bicyclic) bond motifs is 1. The summed E-state index contributed by atoms with van der Waals surface area (Å²) in [6.07, 6.45) is 0.832. The van der Waals surface area contributed by atoms with Crippen molar-refractivity contribution in [2.45, 2.75) is 52.6 Å². The number of rotatable bonds is 7. The lowest BCUT2D eigenvalue weighted by molar-refractivity contribution is -0.135. The first-order chi connectivity index (χ1) is 15.1. The van der Waals surface area contributed by atoms with Crippen molar-refractivity contribution in [2.24, 2.45) is 5.92 Å². The van der Waals surface area contributed by atoms with Crippen LogP contribution in [-0.2, 0) is 11.2 Å². The Kier molecular flexibility index (Phi) is 7.82. The molecule has 0 aliphatic carbocycles. The van der Waals surface area contributed by atoms with Crippen LogP contribution in [0.2, 0.25) is 0 Å². The van der Waals surface area contributed by atoms with E-state index < -0.39 is 0 Å². The molecule has 0 saturated heterocycles. The maximum Gasteiger partial charge on any atom is 0.318 e. The zero-order valence-electron chi connectivity index (χ0n) is 19.8. The zero-order valence-corrected chi connectivity index (χ0v) is 20.6. The lowest BCUT2D eigenvalue weighted by Crippen LogP contribution is -2.53. The van der Waals surface area contributed by atoms with E-state index in [4.69, 9.17) is 4.74 Å². The Bertz CT molecular complexity index is 905. The molecule has 0 saturated carbocycles. The Morgan fingerprint density at radius 2 is 1.94 bits per heavy atom. The number of urea groups is 1. The van der Waals surface area contributed by atoms with E-state index in [0.29, 0.717) is 19.7 Å². The number of ether oxygens (including phenoxy) is 1. The predicted octanol–water partition coefficient (Wildman–Crippen LogP) is 4.72. The van der Waals surface area contributed by atoms with Crippen LogP contribution < -0.4 is 10.1 Å². The Morgan fingerprint density at radius 1 is 1.22 bits per heavy atom. The van der Waals surface area contributed by atoms with E-state index in [-0.39, 0.29) is 36.0 Å². The number of hydrogen-bond acceptors (Lipinski definition) is 4. The van der Waals surface area contributed by atoms with Gasteiger partial charge in [-0.2, -0.15) is 0 Å². The van der Waals surface area contributed by atoms with Crippen molar-refractivity contribution in [3.8, 4) is 5.75 Å². The highest BCUT2D eigenvalue weighted by Crippen LogP contribution is 2.34. The molecule has 0 fully saturated rings. The van der Waals surface area contributed by atoms with Crippen molar-refractivity contribution in [3.05, 3.63) is 52.2 Å². The van der Waals surface area contributed by atoms with Gasteiger partial charge < -0.3 is 19.9 Å². The lowest BCUT2D eigenvalue weighted by Gasteiger charge is -2.37. The second-order valence-electron chi connectivity index (χ2n) is 9.73. The molecule has 0 spiro atoms. The van der Waals surface area contributed by atoms with E-state index in [9.17, 15) is 9.59 Å². The standard InChI is InChI=1S/C25H35N3O3S/c1-18(2)15-27(24(30)26-25(3,4)5)16-23(29)28-13-11-22-20(12-14-32-22)21(28)17-31-19-9-7-6-8-10-19/h6-10,12,14,18,21H,11,13,15-17H2,1-5H3,(H,26,30). The second kappa shape index (κ2) is 10.4. The first-order valence-electron chi connectivity index (χ1n) is 11.2. The van der Waals surface area contributed by atoms with Crippen LogP contribution in [-0.4, -0.2) is 53.5 Å². The summed E-state index contributed by atoms with van der Waals surface area (Å²) >= 11 is 1.73. The topological polar surface area (TPSA) is 61.9 Å². The van der Waals surface area contributed by atoms with Gasteiger partial charge in [0.2, 0.25) is 5.91 Å². The molecule has 32 heavy (non-hydrogen) atoms. The van der Waals surface area contributed by atoms with Gasteiger partial charge in [0.15, 0.2) is 0 Å². The molecule has 1 atom stereocenters. The maximum atomic E-state index is 13.5. The zero-order chi connectivity index (χ0) is 23.3. The average Bonchev–Trinajstić information content (AvgIpc) is 3.19. The van der Waals surface area contributed by atoms with Gasteiger partial charge in [0.25, 0.3) is 0 Å². The molecule has 3 rings (SSSR count). The normalized spacial score (nSPS) is 15.9. The fourth-order valence-corrected chi connectivity index (χ4v) is 4.81. The molecule has 1 unspecified atom stereocenters. The summed E-state index contributed by atoms with van der Waals surface area (Å²) in [6.45, 7) is 11.5. The molecule has 2 aromatic rings. The number of thiophene rings is 1. The molecule has 1 aliphatic rings. The van der Waals surface area contributed by atoms with Crippen molar-refractivity contribution in [3.63, 3.8) is 0 Å². The minimum Gasteiger partial charge on any atom is -0.491 e. The SMILES string of the molecule is CC(C)CN(CC(=O)N1CCc2sccc2C1COc1ccccc1)C(=O)NC(C)(C)C. The lowest BCUT2D eigenvalue weighted by atomic mass is 10.0. The van der Waals surface area contributed by atoms with Gasteiger partial charge in [0, 0.05) is 23.5 Å². The molecule has 2 heterocycles. The third kappa shape index (κ3) is 6.48. The molecular formula is C25H35N3O3S. The third-order valence-corrected chi connectivity index (χ3v) is 6.24. The number of carbonyl (C=O) groups excluding carboxylic acids is 2. The van der Waals surface area contributed by atoms with Crippen LogP contribution in [0.1, 0.15) is 51.1 Å². The summed E-state index contributed by atoms with van der Waals surface area (Å²) in [7, 11) is 0. The van der Waals surface area contributed by atoms with Crippen LogP contribution in [0.15, 0.2) is 41.8 Å². The first-order valence-corrected chi connectivity index (χ1v) is 12.1. The van der Waals surface area contributed by atoms with E-state index in [2.05, 4.69) is 30.6 Å². The van der Waals surface area contributed by atoms with Crippen molar-refractivity contribution >= 4 is 23.3 Å². The van der Waals surface area contributed by atoms with E-state index in [1.54, 1.807) is 16.2 Å². The van der Waals surface area contributed by atoms with E-state index in [0.717, 1.165) is 17.7 Å². The van der Waals surface area contributed by atoms with Gasteiger partial charge in [0.05, 0.1) is 6.04 Å². The van der Waals surface area contributed by atoms with Crippen LogP contribution in [0.3, 0.4) is 0 Å².